The number of rotatable bonds is 4. The zero-order valence-corrected chi connectivity index (χ0v) is 13.5. The maximum atomic E-state index is 12.1. The number of hydrogen-bond donors (Lipinski definition) is 1. The van der Waals surface area contributed by atoms with Gasteiger partial charge < -0.3 is 5.32 Å². The average molecular weight is 293 g/mol. The Bertz CT molecular complexity index is 634. The first-order valence-electron chi connectivity index (χ1n) is 7.57. The van der Waals surface area contributed by atoms with Crippen LogP contribution in [-0.2, 0) is 5.41 Å². The lowest BCUT2D eigenvalue weighted by Crippen LogP contribution is -2.23. The van der Waals surface area contributed by atoms with Crippen LogP contribution in [0.5, 0.6) is 0 Å². The Morgan fingerprint density at radius 1 is 1.00 bits per heavy atom. The third-order valence-corrected chi connectivity index (χ3v) is 3.50. The van der Waals surface area contributed by atoms with E-state index in [1.807, 2.05) is 66.7 Å². The SMILES string of the molecule is CC(C)(C)c1ccc(C(=O)NC/C=C/c2ccccc2)cc1. The maximum Gasteiger partial charge on any atom is 0.251 e. The van der Waals surface area contributed by atoms with E-state index in [4.69, 9.17) is 0 Å². The summed E-state index contributed by atoms with van der Waals surface area (Å²) in [6.07, 6.45) is 3.96. The van der Waals surface area contributed by atoms with E-state index < -0.39 is 0 Å². The van der Waals surface area contributed by atoms with E-state index in [0.717, 1.165) is 5.56 Å². The van der Waals surface area contributed by atoms with Gasteiger partial charge in [-0.1, -0.05) is 75.4 Å². The van der Waals surface area contributed by atoms with Gasteiger partial charge in [-0.3, -0.25) is 4.79 Å². The second-order valence-corrected chi connectivity index (χ2v) is 6.35. The molecule has 0 atom stereocenters. The summed E-state index contributed by atoms with van der Waals surface area (Å²) in [4.78, 5) is 12.1. The van der Waals surface area contributed by atoms with Crippen molar-refractivity contribution in [1.29, 1.82) is 0 Å². The van der Waals surface area contributed by atoms with Crippen molar-refractivity contribution in [3.63, 3.8) is 0 Å². The molecule has 2 aromatic rings. The van der Waals surface area contributed by atoms with Gasteiger partial charge in [0.15, 0.2) is 0 Å². The van der Waals surface area contributed by atoms with Crippen LogP contribution in [-0.4, -0.2) is 12.5 Å². The number of amides is 1. The fourth-order valence-electron chi connectivity index (χ4n) is 2.13. The summed E-state index contributed by atoms with van der Waals surface area (Å²) in [5, 5.41) is 2.90. The van der Waals surface area contributed by atoms with Crippen LogP contribution in [0.25, 0.3) is 6.08 Å². The summed E-state index contributed by atoms with van der Waals surface area (Å²) in [5.41, 5.74) is 3.16. The topological polar surface area (TPSA) is 29.1 Å². The first kappa shape index (κ1) is 16.0. The normalized spacial score (nSPS) is 11.6. The van der Waals surface area contributed by atoms with E-state index in [2.05, 4.69) is 26.1 Å². The molecule has 0 aliphatic heterocycles. The number of nitrogens with one attached hydrogen (secondary N) is 1. The summed E-state index contributed by atoms with van der Waals surface area (Å²) in [6.45, 7) is 7.01. The van der Waals surface area contributed by atoms with Crippen molar-refractivity contribution in [3.05, 3.63) is 77.4 Å². The zero-order chi connectivity index (χ0) is 16.0. The van der Waals surface area contributed by atoms with E-state index in [0.29, 0.717) is 12.1 Å². The van der Waals surface area contributed by atoms with Gasteiger partial charge in [-0.2, -0.15) is 0 Å². The highest BCUT2D eigenvalue weighted by Gasteiger charge is 2.13. The van der Waals surface area contributed by atoms with Gasteiger partial charge in [-0.15, -0.1) is 0 Å². The zero-order valence-electron chi connectivity index (χ0n) is 13.5. The highest BCUT2D eigenvalue weighted by molar-refractivity contribution is 5.94. The van der Waals surface area contributed by atoms with Crippen LogP contribution >= 0.6 is 0 Å². The fourth-order valence-corrected chi connectivity index (χ4v) is 2.13. The second-order valence-electron chi connectivity index (χ2n) is 6.35. The van der Waals surface area contributed by atoms with Gasteiger partial charge in [0.1, 0.15) is 0 Å². The molecule has 1 N–H and O–H groups in total. The molecule has 0 heterocycles. The van der Waals surface area contributed by atoms with Gasteiger partial charge >= 0.3 is 0 Å². The average Bonchev–Trinajstić information content (AvgIpc) is 2.52. The Balaban J connectivity index is 1.89. The van der Waals surface area contributed by atoms with Crippen LogP contribution in [0.4, 0.5) is 0 Å². The highest BCUT2D eigenvalue weighted by atomic mass is 16.1. The van der Waals surface area contributed by atoms with Crippen LogP contribution < -0.4 is 5.32 Å². The smallest absolute Gasteiger partial charge is 0.251 e. The molecule has 0 aliphatic carbocycles. The second kappa shape index (κ2) is 7.08. The summed E-state index contributed by atoms with van der Waals surface area (Å²) in [6, 6.07) is 17.9. The molecule has 0 saturated heterocycles. The molecule has 0 aromatic heterocycles. The summed E-state index contributed by atoms with van der Waals surface area (Å²) in [5.74, 6) is -0.0434. The Labute approximate surface area is 132 Å². The van der Waals surface area contributed by atoms with E-state index in [9.17, 15) is 4.79 Å². The monoisotopic (exact) mass is 293 g/mol. The predicted octanol–water partition coefficient (Wildman–Crippen LogP) is 4.43. The van der Waals surface area contributed by atoms with Crippen LogP contribution in [0.1, 0.15) is 42.3 Å². The molecule has 0 radical (unpaired) electrons. The minimum absolute atomic E-state index is 0.0434. The highest BCUT2D eigenvalue weighted by Crippen LogP contribution is 2.22. The van der Waals surface area contributed by atoms with Crippen molar-refractivity contribution in [2.45, 2.75) is 26.2 Å². The van der Waals surface area contributed by atoms with Gasteiger partial charge in [0.2, 0.25) is 0 Å². The van der Waals surface area contributed by atoms with Crippen molar-refractivity contribution in [3.8, 4) is 0 Å². The van der Waals surface area contributed by atoms with E-state index in [-0.39, 0.29) is 11.3 Å². The van der Waals surface area contributed by atoms with Gasteiger partial charge in [0, 0.05) is 12.1 Å². The molecular weight excluding hydrogens is 270 g/mol. The van der Waals surface area contributed by atoms with Gasteiger partial charge in [0.25, 0.3) is 5.91 Å². The van der Waals surface area contributed by atoms with Gasteiger partial charge in [0.05, 0.1) is 0 Å². The lowest BCUT2D eigenvalue weighted by Gasteiger charge is -2.19. The molecule has 0 spiro atoms. The van der Waals surface area contributed by atoms with Crippen LogP contribution in [0.3, 0.4) is 0 Å². The standard InChI is InChI=1S/C20H23NO/c1-20(2,3)18-13-11-17(12-14-18)19(22)21-15-7-10-16-8-5-4-6-9-16/h4-14H,15H2,1-3H3,(H,21,22)/b10-7+. The summed E-state index contributed by atoms with van der Waals surface area (Å²) < 4.78 is 0. The molecule has 114 valence electrons. The lowest BCUT2D eigenvalue weighted by atomic mass is 9.87. The molecule has 0 bridgehead atoms. The first-order valence-corrected chi connectivity index (χ1v) is 7.57. The molecule has 0 fully saturated rings. The molecule has 2 rings (SSSR count). The molecule has 22 heavy (non-hydrogen) atoms. The molecule has 2 heteroatoms. The van der Waals surface area contributed by atoms with E-state index in [1.165, 1.54) is 5.56 Å². The molecule has 0 saturated carbocycles. The number of carbonyl (C=O) groups is 1. The van der Waals surface area contributed by atoms with Crippen LogP contribution in [0, 0.1) is 0 Å². The fraction of sp³-hybridized carbons (Fsp3) is 0.250. The minimum Gasteiger partial charge on any atom is -0.349 e. The van der Waals surface area contributed by atoms with E-state index in [1.54, 1.807) is 0 Å². The van der Waals surface area contributed by atoms with Crippen molar-refractivity contribution in [2.24, 2.45) is 0 Å². The Morgan fingerprint density at radius 3 is 2.23 bits per heavy atom. The lowest BCUT2D eigenvalue weighted by molar-refractivity contribution is 0.0958. The largest absolute Gasteiger partial charge is 0.349 e. The molecule has 2 aromatic carbocycles. The number of carbonyl (C=O) groups excluding carboxylic acids is 1. The van der Waals surface area contributed by atoms with Gasteiger partial charge in [-0.05, 0) is 28.7 Å². The van der Waals surface area contributed by atoms with Crippen molar-refractivity contribution >= 4 is 12.0 Å². The Kier molecular flexibility index (Phi) is 5.16. The molecule has 2 nitrogen and oxygen atoms in total. The van der Waals surface area contributed by atoms with Crippen LogP contribution in [0.15, 0.2) is 60.7 Å². The van der Waals surface area contributed by atoms with E-state index >= 15 is 0 Å². The maximum absolute atomic E-state index is 12.1. The summed E-state index contributed by atoms with van der Waals surface area (Å²) >= 11 is 0. The minimum atomic E-state index is -0.0434. The first-order chi connectivity index (χ1) is 10.5. The quantitative estimate of drug-likeness (QED) is 0.888. The molecular formula is C20H23NO. The van der Waals surface area contributed by atoms with Crippen LogP contribution in [0.2, 0.25) is 0 Å². The number of hydrogen-bond acceptors (Lipinski definition) is 1. The third-order valence-electron chi connectivity index (χ3n) is 3.50. The molecule has 0 aliphatic rings. The third kappa shape index (κ3) is 4.59. The van der Waals surface area contributed by atoms with Crippen molar-refractivity contribution in [2.75, 3.05) is 6.54 Å². The number of benzene rings is 2. The van der Waals surface area contributed by atoms with Crippen molar-refractivity contribution < 1.29 is 4.79 Å². The Hall–Kier alpha value is -2.35. The molecule has 1 amide bonds. The summed E-state index contributed by atoms with van der Waals surface area (Å²) in [7, 11) is 0. The predicted molar refractivity (Wildman–Crippen MR) is 93.0 cm³/mol. The van der Waals surface area contributed by atoms with Crippen molar-refractivity contribution in [1.82, 2.24) is 5.32 Å². The van der Waals surface area contributed by atoms with Gasteiger partial charge in [-0.25, -0.2) is 0 Å². The molecule has 0 unspecified atom stereocenters. The Morgan fingerprint density at radius 2 is 1.64 bits per heavy atom.